The van der Waals surface area contributed by atoms with E-state index in [0.29, 0.717) is 23.2 Å². The Morgan fingerprint density at radius 1 is 1.03 bits per heavy atom. The van der Waals surface area contributed by atoms with Gasteiger partial charge in [0.05, 0.1) is 11.7 Å². The van der Waals surface area contributed by atoms with Gasteiger partial charge in [-0.05, 0) is 118 Å². The third-order valence-electron chi connectivity index (χ3n) is 11.9. The summed E-state index contributed by atoms with van der Waals surface area (Å²) in [7, 11) is 0. The number of nitrogens with zero attached hydrogens (tertiary/aromatic N) is 1. The molecule has 6 aliphatic rings. The van der Waals surface area contributed by atoms with Gasteiger partial charge in [0.15, 0.2) is 0 Å². The van der Waals surface area contributed by atoms with E-state index in [1.807, 2.05) is 0 Å². The van der Waals surface area contributed by atoms with Crippen LogP contribution in [0.5, 0.6) is 0 Å². The molecule has 0 radical (unpaired) electrons. The number of fused-ring (bicyclic) bond motifs is 5. The number of hydrogen-bond acceptors (Lipinski definition) is 4. The van der Waals surface area contributed by atoms with Crippen molar-refractivity contribution in [1.82, 2.24) is 10.4 Å². The van der Waals surface area contributed by atoms with Gasteiger partial charge in [-0.2, -0.15) is 0 Å². The van der Waals surface area contributed by atoms with Crippen LogP contribution in [0.3, 0.4) is 0 Å². The predicted molar refractivity (Wildman–Crippen MR) is 125 cm³/mol. The van der Waals surface area contributed by atoms with E-state index in [4.69, 9.17) is 10.5 Å². The van der Waals surface area contributed by atoms with Crippen molar-refractivity contribution in [3.05, 3.63) is 0 Å². The number of hydrazine groups is 1. The highest BCUT2D eigenvalue weighted by Crippen LogP contribution is 2.66. The smallest absolute Gasteiger partial charge is 0.0948 e. The Labute approximate surface area is 190 Å². The van der Waals surface area contributed by atoms with Gasteiger partial charge in [-0.25, -0.2) is 5.01 Å². The molecule has 176 valence electrons. The second-order valence-electron chi connectivity index (χ2n) is 12.9. The summed E-state index contributed by atoms with van der Waals surface area (Å²) in [6.07, 6.45) is 14.9. The molecule has 11 atom stereocenters. The quantitative estimate of drug-likeness (QED) is 0.642. The van der Waals surface area contributed by atoms with Crippen molar-refractivity contribution in [1.29, 1.82) is 0 Å². The predicted octanol–water partition coefficient (Wildman–Crippen LogP) is 4.59. The molecule has 0 aromatic carbocycles. The zero-order valence-corrected chi connectivity index (χ0v) is 20.3. The fourth-order valence-electron chi connectivity index (χ4n) is 10.2. The molecular formula is C27H47N3O. The lowest BCUT2D eigenvalue weighted by molar-refractivity contribution is -0.0778. The average Bonchev–Trinajstić information content (AvgIpc) is 3.10. The summed E-state index contributed by atoms with van der Waals surface area (Å²) in [5.41, 5.74) is 10.6. The van der Waals surface area contributed by atoms with Gasteiger partial charge < -0.3 is 10.5 Å². The Bertz CT molecular complexity index is 685. The largest absolute Gasteiger partial charge is 0.366 e. The Balaban J connectivity index is 1.14. The minimum absolute atomic E-state index is 0.316. The lowest BCUT2D eigenvalue weighted by atomic mass is 9.48. The maximum absolute atomic E-state index is 6.11. The van der Waals surface area contributed by atoms with Crippen molar-refractivity contribution >= 4 is 0 Å². The SMILES string of the molecule is CC1O[C@@]12CC[C@H]1[C@H](CC[C@@H]3[C@@H]1CCC1(C)[C@@H]([C@H](C)CN4NCCC4CN)CC[C@@H]31)C2. The number of ether oxygens (including phenoxy) is 1. The second kappa shape index (κ2) is 7.68. The molecule has 1 spiro atoms. The molecule has 4 nitrogen and oxygen atoms in total. The third kappa shape index (κ3) is 3.29. The molecule has 2 saturated heterocycles. The molecule has 6 fully saturated rings. The van der Waals surface area contributed by atoms with Gasteiger partial charge in [0.2, 0.25) is 0 Å². The lowest BCUT2D eigenvalue weighted by Gasteiger charge is -2.57. The van der Waals surface area contributed by atoms with Crippen LogP contribution in [-0.2, 0) is 4.74 Å². The van der Waals surface area contributed by atoms with Gasteiger partial charge >= 0.3 is 0 Å². The van der Waals surface area contributed by atoms with Crippen LogP contribution in [0.2, 0.25) is 0 Å². The Morgan fingerprint density at radius 2 is 1.84 bits per heavy atom. The van der Waals surface area contributed by atoms with Crippen LogP contribution in [0.25, 0.3) is 0 Å². The third-order valence-corrected chi connectivity index (χ3v) is 11.9. The summed E-state index contributed by atoms with van der Waals surface area (Å²) >= 11 is 0. The Morgan fingerprint density at radius 3 is 2.61 bits per heavy atom. The van der Waals surface area contributed by atoms with Crippen LogP contribution in [0.1, 0.15) is 85.0 Å². The molecule has 0 bridgehead atoms. The Kier molecular flexibility index (Phi) is 5.30. The van der Waals surface area contributed by atoms with Crippen LogP contribution in [0.15, 0.2) is 0 Å². The van der Waals surface area contributed by atoms with E-state index in [1.165, 1.54) is 70.8 Å². The van der Waals surface area contributed by atoms with E-state index in [1.54, 1.807) is 0 Å². The topological polar surface area (TPSA) is 53.8 Å². The first-order valence-corrected chi connectivity index (χ1v) is 13.8. The summed E-state index contributed by atoms with van der Waals surface area (Å²) < 4.78 is 6.11. The molecule has 2 aliphatic heterocycles. The van der Waals surface area contributed by atoms with Crippen molar-refractivity contribution < 1.29 is 4.74 Å². The van der Waals surface area contributed by atoms with E-state index in [2.05, 4.69) is 31.2 Å². The maximum atomic E-state index is 6.11. The normalized spacial score (nSPS) is 55.0. The molecule has 3 N–H and O–H groups in total. The van der Waals surface area contributed by atoms with Gasteiger partial charge in [0.25, 0.3) is 0 Å². The van der Waals surface area contributed by atoms with Crippen LogP contribution in [-0.4, -0.2) is 42.4 Å². The van der Waals surface area contributed by atoms with Crippen LogP contribution >= 0.6 is 0 Å². The summed E-state index contributed by atoms with van der Waals surface area (Å²) in [6, 6.07) is 0.547. The van der Waals surface area contributed by atoms with Crippen LogP contribution in [0.4, 0.5) is 0 Å². The summed E-state index contributed by atoms with van der Waals surface area (Å²) in [5, 5.41) is 2.50. The van der Waals surface area contributed by atoms with Crippen LogP contribution < -0.4 is 11.2 Å². The highest BCUT2D eigenvalue weighted by atomic mass is 16.6. The monoisotopic (exact) mass is 429 g/mol. The number of epoxide rings is 1. The standard InChI is InChI=1S/C27H47N3O/c1-17(16-30-20(15-28)10-13-29-30)24-6-7-25-23-5-4-19-14-27(18(2)31-27)12-9-21(19)22(23)8-11-26(24,25)3/h17-25,29H,4-16,28H2,1-3H3/t17-,18?,19-,20?,21+,22-,23-,24-,25+,26?,27-/m1/s1. The van der Waals surface area contributed by atoms with Gasteiger partial charge in [0.1, 0.15) is 0 Å². The minimum Gasteiger partial charge on any atom is -0.366 e. The second-order valence-corrected chi connectivity index (χ2v) is 12.9. The van der Waals surface area contributed by atoms with Crippen molar-refractivity contribution in [2.75, 3.05) is 19.6 Å². The van der Waals surface area contributed by atoms with Crippen molar-refractivity contribution in [3.63, 3.8) is 0 Å². The van der Waals surface area contributed by atoms with Gasteiger partial charge in [-0.1, -0.05) is 13.8 Å². The highest BCUT2D eigenvalue weighted by Gasteiger charge is 2.62. The molecule has 3 unspecified atom stereocenters. The molecule has 4 aliphatic carbocycles. The van der Waals surface area contributed by atoms with E-state index >= 15 is 0 Å². The van der Waals surface area contributed by atoms with Gasteiger partial charge in [0, 0.05) is 25.7 Å². The maximum Gasteiger partial charge on any atom is 0.0948 e. The zero-order chi connectivity index (χ0) is 21.4. The number of rotatable bonds is 4. The van der Waals surface area contributed by atoms with Crippen molar-refractivity contribution in [3.8, 4) is 0 Å². The molecule has 4 heteroatoms. The molecule has 0 aromatic heterocycles. The molecule has 2 heterocycles. The molecule has 6 rings (SSSR count). The first-order chi connectivity index (χ1) is 14.9. The zero-order valence-electron chi connectivity index (χ0n) is 20.3. The van der Waals surface area contributed by atoms with Crippen molar-refractivity contribution in [2.24, 2.45) is 52.6 Å². The molecule has 31 heavy (non-hydrogen) atoms. The fraction of sp³-hybridized carbons (Fsp3) is 1.00. The van der Waals surface area contributed by atoms with Crippen molar-refractivity contribution in [2.45, 2.75) is 103 Å². The molecule has 4 saturated carbocycles. The number of nitrogens with one attached hydrogen (secondary N) is 1. The van der Waals surface area contributed by atoms with E-state index < -0.39 is 0 Å². The first-order valence-electron chi connectivity index (χ1n) is 13.8. The Hall–Kier alpha value is -0.160. The van der Waals surface area contributed by atoms with Gasteiger partial charge in [-0.3, -0.25) is 5.43 Å². The first kappa shape index (κ1) is 21.4. The molecule has 0 aromatic rings. The van der Waals surface area contributed by atoms with E-state index in [9.17, 15) is 0 Å². The molecular weight excluding hydrogens is 382 g/mol. The van der Waals surface area contributed by atoms with E-state index in [0.717, 1.165) is 54.5 Å². The summed E-state index contributed by atoms with van der Waals surface area (Å²) in [4.78, 5) is 0. The summed E-state index contributed by atoms with van der Waals surface area (Å²) in [5.74, 6) is 6.68. The van der Waals surface area contributed by atoms with Crippen LogP contribution in [0, 0.1) is 46.8 Å². The van der Waals surface area contributed by atoms with Gasteiger partial charge in [-0.15, -0.1) is 0 Å². The number of nitrogens with two attached hydrogens (primary N) is 1. The number of hydrogen-bond donors (Lipinski definition) is 2. The molecule has 0 amide bonds. The minimum atomic E-state index is 0.316. The average molecular weight is 430 g/mol. The summed E-state index contributed by atoms with van der Waals surface area (Å²) in [6.45, 7) is 10.7. The lowest BCUT2D eigenvalue weighted by Crippen LogP contribution is -2.51. The highest BCUT2D eigenvalue weighted by molar-refractivity contribution is 5.11. The van der Waals surface area contributed by atoms with E-state index in [-0.39, 0.29) is 0 Å². The fourth-order valence-corrected chi connectivity index (χ4v) is 10.2.